The highest BCUT2D eigenvalue weighted by Crippen LogP contribution is 2.26. The van der Waals surface area contributed by atoms with E-state index in [9.17, 15) is 13.6 Å². The number of nitrogens with one attached hydrogen (secondary N) is 1. The Morgan fingerprint density at radius 1 is 1.11 bits per heavy atom. The van der Waals surface area contributed by atoms with Crippen LogP contribution in [0.3, 0.4) is 0 Å². The van der Waals surface area contributed by atoms with Crippen molar-refractivity contribution in [1.82, 2.24) is 15.1 Å². The summed E-state index contributed by atoms with van der Waals surface area (Å²) >= 11 is 0. The van der Waals surface area contributed by atoms with E-state index in [1.54, 1.807) is 0 Å². The van der Waals surface area contributed by atoms with Gasteiger partial charge in [-0.15, -0.1) is 0 Å². The van der Waals surface area contributed by atoms with Crippen LogP contribution in [0.4, 0.5) is 8.78 Å². The Labute approximate surface area is 156 Å². The summed E-state index contributed by atoms with van der Waals surface area (Å²) < 4.78 is 28.4. The Morgan fingerprint density at radius 3 is 2.56 bits per heavy atom. The minimum atomic E-state index is -0.712. The summed E-state index contributed by atoms with van der Waals surface area (Å²) in [5.41, 5.74) is 4.33. The summed E-state index contributed by atoms with van der Waals surface area (Å²) in [6, 6.07) is 13.2. The molecule has 1 heterocycles. The van der Waals surface area contributed by atoms with Gasteiger partial charge in [-0.2, -0.15) is 5.10 Å². The Kier molecular flexibility index (Phi) is 5.64. The lowest BCUT2D eigenvalue weighted by Gasteiger charge is -2.08. The Bertz CT molecular complexity index is 952. The first-order valence-electron chi connectivity index (χ1n) is 8.75. The molecule has 3 rings (SSSR count). The number of halogens is 2. The Hall–Kier alpha value is -3.02. The lowest BCUT2D eigenvalue weighted by Crippen LogP contribution is -2.29. The van der Waals surface area contributed by atoms with Crippen LogP contribution in [0.1, 0.15) is 17.0 Å². The highest BCUT2D eigenvalue weighted by molar-refractivity contribution is 5.78. The van der Waals surface area contributed by atoms with Crippen LogP contribution in [-0.2, 0) is 17.8 Å². The van der Waals surface area contributed by atoms with Gasteiger partial charge in [0.25, 0.3) is 0 Å². The van der Waals surface area contributed by atoms with Crippen molar-refractivity contribution in [3.8, 4) is 11.1 Å². The van der Waals surface area contributed by atoms with Crippen molar-refractivity contribution in [3.63, 3.8) is 0 Å². The van der Waals surface area contributed by atoms with Crippen LogP contribution in [0, 0.1) is 25.5 Å². The zero-order valence-corrected chi connectivity index (χ0v) is 15.3. The van der Waals surface area contributed by atoms with Crippen molar-refractivity contribution in [2.24, 2.45) is 0 Å². The van der Waals surface area contributed by atoms with Crippen molar-refractivity contribution in [2.45, 2.75) is 26.8 Å². The average molecular weight is 369 g/mol. The monoisotopic (exact) mass is 369 g/mol. The Balaban J connectivity index is 1.60. The van der Waals surface area contributed by atoms with E-state index < -0.39 is 11.6 Å². The van der Waals surface area contributed by atoms with Gasteiger partial charge in [0.05, 0.1) is 18.7 Å². The third-order valence-electron chi connectivity index (χ3n) is 4.46. The second-order valence-electron chi connectivity index (χ2n) is 6.40. The normalized spacial score (nSPS) is 10.8. The van der Waals surface area contributed by atoms with Gasteiger partial charge in [0.1, 0.15) is 11.6 Å². The fraction of sp³-hybridized carbons (Fsp3) is 0.238. The van der Waals surface area contributed by atoms with Crippen LogP contribution in [0.25, 0.3) is 11.1 Å². The van der Waals surface area contributed by atoms with Crippen LogP contribution >= 0.6 is 0 Å². The maximum absolute atomic E-state index is 13.6. The largest absolute Gasteiger partial charge is 0.354 e. The molecule has 2 aromatic carbocycles. The molecule has 4 nitrogen and oxygen atoms in total. The van der Waals surface area contributed by atoms with E-state index in [1.165, 1.54) is 6.07 Å². The standard InChI is InChI=1S/C21H21F2N3O/c1-14-21(16-6-4-3-5-7-16)15(2)26(25-14)11-10-24-20(27)12-17-8-9-18(22)13-19(17)23/h3-9,13H,10-12H2,1-2H3,(H,24,27). The Morgan fingerprint density at radius 2 is 1.85 bits per heavy atom. The number of benzene rings is 2. The minimum absolute atomic E-state index is 0.126. The van der Waals surface area contributed by atoms with Crippen molar-refractivity contribution < 1.29 is 13.6 Å². The number of carbonyl (C=O) groups is 1. The summed E-state index contributed by atoms with van der Waals surface area (Å²) in [7, 11) is 0. The summed E-state index contributed by atoms with van der Waals surface area (Å²) in [6.07, 6.45) is -0.126. The van der Waals surface area contributed by atoms with Crippen molar-refractivity contribution >= 4 is 5.91 Å². The quantitative estimate of drug-likeness (QED) is 0.718. The predicted octanol–water partition coefficient (Wildman–Crippen LogP) is 3.80. The van der Waals surface area contributed by atoms with Gasteiger partial charge in [-0.25, -0.2) is 8.78 Å². The summed E-state index contributed by atoms with van der Waals surface area (Å²) in [4.78, 5) is 12.0. The molecule has 0 radical (unpaired) electrons. The van der Waals surface area contributed by atoms with E-state index in [4.69, 9.17) is 0 Å². The molecule has 0 saturated carbocycles. The highest BCUT2D eigenvalue weighted by Gasteiger charge is 2.13. The molecule has 6 heteroatoms. The average Bonchev–Trinajstić information content (AvgIpc) is 2.92. The number of hydrogen-bond acceptors (Lipinski definition) is 2. The maximum Gasteiger partial charge on any atom is 0.224 e. The molecule has 0 unspecified atom stereocenters. The number of hydrogen-bond donors (Lipinski definition) is 1. The van der Waals surface area contributed by atoms with Crippen LogP contribution in [0.2, 0.25) is 0 Å². The first-order chi connectivity index (χ1) is 13.0. The summed E-state index contributed by atoms with van der Waals surface area (Å²) in [5.74, 6) is -1.68. The molecular weight excluding hydrogens is 348 g/mol. The van der Waals surface area contributed by atoms with Crippen molar-refractivity contribution in [3.05, 3.63) is 77.1 Å². The fourth-order valence-electron chi connectivity index (χ4n) is 3.14. The van der Waals surface area contributed by atoms with E-state index in [-0.39, 0.29) is 17.9 Å². The van der Waals surface area contributed by atoms with Crippen LogP contribution in [0.15, 0.2) is 48.5 Å². The molecule has 1 aromatic heterocycles. The number of nitrogens with zero attached hydrogens (tertiary/aromatic N) is 2. The van der Waals surface area contributed by atoms with Gasteiger partial charge in [-0.3, -0.25) is 9.48 Å². The lowest BCUT2D eigenvalue weighted by molar-refractivity contribution is -0.120. The van der Waals surface area contributed by atoms with Crippen LogP contribution in [0.5, 0.6) is 0 Å². The fourth-order valence-corrected chi connectivity index (χ4v) is 3.14. The van der Waals surface area contributed by atoms with E-state index in [2.05, 4.69) is 10.4 Å². The van der Waals surface area contributed by atoms with Crippen LogP contribution < -0.4 is 5.32 Å². The van der Waals surface area contributed by atoms with E-state index in [0.717, 1.165) is 34.6 Å². The molecule has 3 aromatic rings. The van der Waals surface area contributed by atoms with Gasteiger partial charge >= 0.3 is 0 Å². The van der Waals surface area contributed by atoms with Gasteiger partial charge < -0.3 is 5.32 Å². The topological polar surface area (TPSA) is 46.9 Å². The predicted molar refractivity (Wildman–Crippen MR) is 100 cm³/mol. The van der Waals surface area contributed by atoms with Gasteiger partial charge in [-0.05, 0) is 31.0 Å². The second kappa shape index (κ2) is 8.12. The third-order valence-corrected chi connectivity index (χ3v) is 4.46. The number of amides is 1. The zero-order chi connectivity index (χ0) is 19.4. The third kappa shape index (κ3) is 4.39. The molecule has 27 heavy (non-hydrogen) atoms. The molecule has 0 spiro atoms. The van der Waals surface area contributed by atoms with E-state index >= 15 is 0 Å². The second-order valence-corrected chi connectivity index (χ2v) is 6.40. The van der Waals surface area contributed by atoms with Gasteiger partial charge in [0.2, 0.25) is 5.91 Å². The van der Waals surface area contributed by atoms with Gasteiger partial charge in [0, 0.05) is 23.9 Å². The molecule has 0 aliphatic heterocycles. The van der Waals surface area contributed by atoms with Crippen LogP contribution in [-0.4, -0.2) is 22.2 Å². The minimum Gasteiger partial charge on any atom is -0.354 e. The molecule has 1 amide bonds. The highest BCUT2D eigenvalue weighted by atomic mass is 19.1. The van der Waals surface area contributed by atoms with Gasteiger partial charge in [-0.1, -0.05) is 36.4 Å². The van der Waals surface area contributed by atoms with Gasteiger partial charge in [0.15, 0.2) is 0 Å². The molecule has 0 aliphatic rings. The first-order valence-corrected chi connectivity index (χ1v) is 8.75. The molecule has 0 aliphatic carbocycles. The first kappa shape index (κ1) is 18.8. The molecule has 140 valence electrons. The van der Waals surface area contributed by atoms with E-state index in [1.807, 2.05) is 48.9 Å². The number of carbonyl (C=O) groups excluding carboxylic acids is 1. The molecular formula is C21H21F2N3O. The molecule has 1 N–H and O–H groups in total. The zero-order valence-electron chi connectivity index (χ0n) is 15.3. The molecule has 0 bridgehead atoms. The SMILES string of the molecule is Cc1nn(CCNC(=O)Cc2ccc(F)cc2F)c(C)c1-c1ccccc1. The lowest BCUT2D eigenvalue weighted by atomic mass is 10.0. The maximum atomic E-state index is 13.6. The molecule has 0 saturated heterocycles. The molecule has 0 fully saturated rings. The number of aryl methyl sites for hydroxylation is 1. The van der Waals surface area contributed by atoms with Crippen molar-refractivity contribution in [2.75, 3.05) is 6.54 Å². The smallest absolute Gasteiger partial charge is 0.224 e. The number of rotatable bonds is 6. The summed E-state index contributed by atoms with van der Waals surface area (Å²) in [5, 5.41) is 7.31. The summed E-state index contributed by atoms with van der Waals surface area (Å²) in [6.45, 7) is 4.84. The number of aromatic nitrogens is 2. The van der Waals surface area contributed by atoms with Crippen molar-refractivity contribution in [1.29, 1.82) is 0 Å². The molecule has 0 atom stereocenters. The van der Waals surface area contributed by atoms with E-state index in [0.29, 0.717) is 13.1 Å².